The number of nitrogens with zero attached hydrogens (tertiary/aromatic N) is 2. The molecule has 1 aromatic carbocycles. The van der Waals surface area contributed by atoms with Gasteiger partial charge in [-0.2, -0.15) is 18.3 Å². The fourth-order valence-corrected chi connectivity index (χ4v) is 2.01. The highest BCUT2D eigenvalue weighted by Crippen LogP contribution is 2.30. The fourth-order valence-electron chi connectivity index (χ4n) is 1.67. The molecule has 2 aromatic rings. The van der Waals surface area contributed by atoms with Crippen LogP contribution in [0.5, 0.6) is 0 Å². The van der Waals surface area contributed by atoms with Gasteiger partial charge in [-0.05, 0) is 31.2 Å². The van der Waals surface area contributed by atoms with Crippen LogP contribution in [0.25, 0.3) is 5.69 Å². The van der Waals surface area contributed by atoms with E-state index in [1.54, 1.807) is 6.92 Å². The molecule has 0 radical (unpaired) electrons. The first-order valence-corrected chi connectivity index (χ1v) is 5.75. The van der Waals surface area contributed by atoms with Crippen molar-refractivity contribution in [1.29, 1.82) is 0 Å². The predicted molar refractivity (Wildman–Crippen MR) is 64.2 cm³/mol. The standard InChI is InChI=1S/C12H10ClF3N2O/c1-7-10(6-19)11(13)18(17-7)9-4-2-8(3-5-9)12(14,15)16/h2-5,19H,6H2,1H3. The molecule has 0 fully saturated rings. The molecule has 3 nitrogen and oxygen atoms in total. The van der Waals surface area contributed by atoms with Gasteiger partial charge < -0.3 is 5.11 Å². The molecule has 0 atom stereocenters. The monoisotopic (exact) mass is 290 g/mol. The van der Waals surface area contributed by atoms with E-state index in [0.29, 0.717) is 16.9 Å². The Morgan fingerprint density at radius 1 is 1.26 bits per heavy atom. The van der Waals surface area contributed by atoms with Crippen molar-refractivity contribution >= 4 is 11.6 Å². The van der Waals surface area contributed by atoms with E-state index >= 15 is 0 Å². The van der Waals surface area contributed by atoms with Gasteiger partial charge in [0.05, 0.1) is 23.6 Å². The highest BCUT2D eigenvalue weighted by atomic mass is 35.5. The minimum Gasteiger partial charge on any atom is -0.391 e. The van der Waals surface area contributed by atoms with Crippen molar-refractivity contribution < 1.29 is 18.3 Å². The number of hydrogen-bond donors (Lipinski definition) is 1. The summed E-state index contributed by atoms with van der Waals surface area (Å²) in [4.78, 5) is 0. The number of benzene rings is 1. The Labute approximate surface area is 112 Å². The average Bonchev–Trinajstić information content (AvgIpc) is 2.63. The van der Waals surface area contributed by atoms with Crippen LogP contribution in [0, 0.1) is 6.92 Å². The highest BCUT2D eigenvalue weighted by Gasteiger charge is 2.30. The summed E-state index contributed by atoms with van der Waals surface area (Å²) in [6.07, 6.45) is -4.38. The molecule has 7 heteroatoms. The molecule has 0 aliphatic carbocycles. The lowest BCUT2D eigenvalue weighted by molar-refractivity contribution is -0.137. The largest absolute Gasteiger partial charge is 0.416 e. The van der Waals surface area contributed by atoms with E-state index in [1.807, 2.05) is 0 Å². The second-order valence-electron chi connectivity index (χ2n) is 3.97. The summed E-state index contributed by atoms with van der Waals surface area (Å²) in [6, 6.07) is 4.48. The summed E-state index contributed by atoms with van der Waals surface area (Å²) in [5, 5.41) is 13.4. The molecule has 0 bridgehead atoms. The Balaban J connectivity index is 2.43. The summed E-state index contributed by atoms with van der Waals surface area (Å²) < 4.78 is 38.6. The van der Waals surface area contributed by atoms with Crippen LogP contribution in [-0.4, -0.2) is 14.9 Å². The fraction of sp³-hybridized carbons (Fsp3) is 0.250. The molecule has 19 heavy (non-hydrogen) atoms. The Bertz CT molecular complexity index is 590. The molecule has 1 heterocycles. The van der Waals surface area contributed by atoms with E-state index in [4.69, 9.17) is 16.7 Å². The van der Waals surface area contributed by atoms with Crippen molar-refractivity contribution in [1.82, 2.24) is 9.78 Å². The zero-order valence-corrected chi connectivity index (χ0v) is 10.6. The predicted octanol–water partition coefficient (Wildman–Crippen LogP) is 3.35. The van der Waals surface area contributed by atoms with Crippen LogP contribution in [0.2, 0.25) is 5.15 Å². The summed E-state index contributed by atoms with van der Waals surface area (Å²) in [5.74, 6) is 0. The molecule has 102 valence electrons. The first-order chi connectivity index (χ1) is 8.84. The van der Waals surface area contributed by atoms with Gasteiger partial charge in [0.1, 0.15) is 5.15 Å². The lowest BCUT2D eigenvalue weighted by atomic mass is 10.2. The highest BCUT2D eigenvalue weighted by molar-refractivity contribution is 6.30. The average molecular weight is 291 g/mol. The molecule has 0 amide bonds. The normalized spacial score (nSPS) is 11.9. The maximum absolute atomic E-state index is 12.4. The van der Waals surface area contributed by atoms with Crippen molar-refractivity contribution in [3.8, 4) is 5.69 Å². The van der Waals surface area contributed by atoms with Crippen LogP contribution < -0.4 is 0 Å². The number of aryl methyl sites for hydroxylation is 1. The Morgan fingerprint density at radius 2 is 1.84 bits per heavy atom. The summed E-state index contributed by atoms with van der Waals surface area (Å²) in [5.41, 5.74) is 0.661. The second kappa shape index (κ2) is 4.86. The number of aromatic nitrogens is 2. The first kappa shape index (κ1) is 13.9. The maximum atomic E-state index is 12.4. The number of aliphatic hydroxyl groups excluding tert-OH is 1. The molecule has 2 rings (SSSR count). The third kappa shape index (κ3) is 2.59. The van der Waals surface area contributed by atoms with Crippen LogP contribution in [-0.2, 0) is 12.8 Å². The van der Waals surface area contributed by atoms with Gasteiger partial charge >= 0.3 is 6.18 Å². The Morgan fingerprint density at radius 3 is 2.26 bits per heavy atom. The van der Waals surface area contributed by atoms with Crippen molar-refractivity contribution in [2.45, 2.75) is 19.7 Å². The molecular formula is C12H10ClF3N2O. The van der Waals surface area contributed by atoms with Crippen molar-refractivity contribution in [2.24, 2.45) is 0 Å². The van der Waals surface area contributed by atoms with Gasteiger partial charge in [-0.15, -0.1) is 0 Å². The van der Waals surface area contributed by atoms with Gasteiger partial charge in [-0.25, -0.2) is 4.68 Å². The minimum absolute atomic E-state index is 0.194. The number of alkyl halides is 3. The smallest absolute Gasteiger partial charge is 0.391 e. The quantitative estimate of drug-likeness (QED) is 0.921. The summed E-state index contributed by atoms with van der Waals surface area (Å²) in [7, 11) is 0. The molecule has 1 aromatic heterocycles. The van der Waals surface area contributed by atoms with E-state index in [2.05, 4.69) is 5.10 Å². The number of hydrogen-bond acceptors (Lipinski definition) is 2. The second-order valence-corrected chi connectivity index (χ2v) is 4.33. The van der Waals surface area contributed by atoms with E-state index in [9.17, 15) is 13.2 Å². The molecule has 0 aliphatic heterocycles. The number of rotatable bonds is 2. The van der Waals surface area contributed by atoms with Gasteiger partial charge in [-0.3, -0.25) is 0 Å². The van der Waals surface area contributed by atoms with E-state index < -0.39 is 11.7 Å². The zero-order valence-electron chi connectivity index (χ0n) is 9.87. The molecule has 0 aliphatic rings. The van der Waals surface area contributed by atoms with E-state index in [0.717, 1.165) is 12.1 Å². The number of aliphatic hydroxyl groups is 1. The zero-order chi connectivity index (χ0) is 14.2. The van der Waals surface area contributed by atoms with Crippen molar-refractivity contribution in [3.63, 3.8) is 0 Å². The van der Waals surface area contributed by atoms with E-state index in [-0.39, 0.29) is 11.8 Å². The van der Waals surface area contributed by atoms with Crippen LogP contribution in [0.1, 0.15) is 16.8 Å². The van der Waals surface area contributed by atoms with Crippen LogP contribution >= 0.6 is 11.6 Å². The molecule has 0 saturated carbocycles. The third-order valence-corrected chi connectivity index (χ3v) is 3.11. The van der Waals surface area contributed by atoms with Gasteiger partial charge in [0.15, 0.2) is 0 Å². The minimum atomic E-state index is -4.38. The maximum Gasteiger partial charge on any atom is 0.416 e. The van der Waals surface area contributed by atoms with Crippen LogP contribution in [0.3, 0.4) is 0 Å². The van der Waals surface area contributed by atoms with Crippen LogP contribution in [0.15, 0.2) is 24.3 Å². The molecule has 0 saturated heterocycles. The lowest BCUT2D eigenvalue weighted by Gasteiger charge is -2.08. The third-order valence-electron chi connectivity index (χ3n) is 2.72. The molecule has 0 unspecified atom stereocenters. The topological polar surface area (TPSA) is 38.0 Å². The van der Waals surface area contributed by atoms with Crippen molar-refractivity contribution in [2.75, 3.05) is 0 Å². The van der Waals surface area contributed by atoms with Crippen LogP contribution in [0.4, 0.5) is 13.2 Å². The van der Waals surface area contributed by atoms with E-state index in [1.165, 1.54) is 16.8 Å². The number of halogens is 4. The SMILES string of the molecule is Cc1nn(-c2ccc(C(F)(F)F)cc2)c(Cl)c1CO. The van der Waals surface area contributed by atoms with Gasteiger partial charge in [0, 0.05) is 5.56 Å². The molecule has 0 spiro atoms. The summed E-state index contributed by atoms with van der Waals surface area (Å²) >= 11 is 6.01. The Hall–Kier alpha value is -1.53. The van der Waals surface area contributed by atoms with Crippen molar-refractivity contribution in [3.05, 3.63) is 46.2 Å². The van der Waals surface area contributed by atoms with Gasteiger partial charge in [0.25, 0.3) is 0 Å². The molecular weight excluding hydrogens is 281 g/mol. The van der Waals surface area contributed by atoms with Gasteiger partial charge in [0.2, 0.25) is 0 Å². The molecule has 1 N–H and O–H groups in total. The van der Waals surface area contributed by atoms with Gasteiger partial charge in [-0.1, -0.05) is 11.6 Å². The first-order valence-electron chi connectivity index (χ1n) is 5.37. The summed E-state index contributed by atoms with van der Waals surface area (Å²) in [6.45, 7) is 1.39. The Kier molecular flexibility index (Phi) is 3.56. The lowest BCUT2D eigenvalue weighted by Crippen LogP contribution is -2.05.